The smallest absolute Gasteiger partial charge is 0.272 e. The number of nitrogen functional groups attached to an aromatic ring is 1. The van der Waals surface area contributed by atoms with Gasteiger partial charge < -0.3 is 15.5 Å². The molecule has 1 aliphatic carbocycles. The van der Waals surface area contributed by atoms with Crippen molar-refractivity contribution in [3.8, 4) is 11.1 Å². The first-order valence-electron chi connectivity index (χ1n) is 9.47. The lowest BCUT2D eigenvalue weighted by Crippen LogP contribution is -2.40. The average Bonchev–Trinajstić information content (AvgIpc) is 3.39. The highest BCUT2D eigenvalue weighted by molar-refractivity contribution is 6.01. The van der Waals surface area contributed by atoms with Gasteiger partial charge in [0, 0.05) is 31.6 Å². The summed E-state index contributed by atoms with van der Waals surface area (Å²) in [6.45, 7) is 4.45. The van der Waals surface area contributed by atoms with Crippen LogP contribution in [0.25, 0.3) is 11.1 Å². The molecule has 142 valence electrons. The maximum atomic E-state index is 13.1. The molecule has 1 aliphatic heterocycles. The molecule has 2 aliphatic rings. The van der Waals surface area contributed by atoms with E-state index in [0.717, 1.165) is 24.8 Å². The molecule has 2 amide bonds. The predicted octanol–water partition coefficient (Wildman–Crippen LogP) is 2.13. The number of amides is 2. The lowest BCUT2D eigenvalue weighted by Gasteiger charge is -2.24. The van der Waals surface area contributed by atoms with Crippen molar-refractivity contribution in [1.82, 2.24) is 20.0 Å². The number of nitrogens with zero attached hydrogens (tertiary/aromatic N) is 3. The van der Waals surface area contributed by atoms with Crippen molar-refractivity contribution >= 4 is 17.6 Å². The van der Waals surface area contributed by atoms with Gasteiger partial charge in [-0.15, -0.1) is 0 Å². The van der Waals surface area contributed by atoms with E-state index in [2.05, 4.69) is 10.2 Å². The number of rotatable bonds is 3. The molecule has 2 fully saturated rings. The molecule has 0 bridgehead atoms. The first kappa shape index (κ1) is 17.6. The summed E-state index contributed by atoms with van der Waals surface area (Å²) in [6, 6.07) is 9.56. The molecule has 3 N–H and O–H groups in total. The maximum Gasteiger partial charge on any atom is 0.272 e. The summed E-state index contributed by atoms with van der Waals surface area (Å²) in [6.07, 6.45) is 2.72. The molecule has 1 saturated heterocycles. The highest BCUT2D eigenvalue weighted by Gasteiger charge is 2.47. The van der Waals surface area contributed by atoms with Crippen LogP contribution < -0.4 is 5.73 Å². The zero-order chi connectivity index (χ0) is 19.0. The van der Waals surface area contributed by atoms with Crippen molar-refractivity contribution in [3.05, 3.63) is 36.0 Å². The standard InChI is InChI=1S/C20H25N5O2/c1-20(8-9-20)19(27)25-11-5-10-24(12-13-25)18(26)16-15(17(21)23-22-16)14-6-3-2-4-7-14/h2-4,6-7H,5,8-13H2,1H3,(H3,21,22,23). The average molecular weight is 367 g/mol. The zero-order valence-electron chi connectivity index (χ0n) is 15.6. The molecule has 2 heterocycles. The Bertz CT molecular complexity index is 857. The summed E-state index contributed by atoms with van der Waals surface area (Å²) in [5.41, 5.74) is 7.77. The summed E-state index contributed by atoms with van der Waals surface area (Å²) >= 11 is 0. The van der Waals surface area contributed by atoms with Gasteiger partial charge in [-0.05, 0) is 24.8 Å². The van der Waals surface area contributed by atoms with Gasteiger partial charge in [0.25, 0.3) is 5.91 Å². The molecule has 1 aromatic carbocycles. The van der Waals surface area contributed by atoms with E-state index in [1.807, 2.05) is 42.2 Å². The van der Waals surface area contributed by atoms with Gasteiger partial charge >= 0.3 is 0 Å². The topological polar surface area (TPSA) is 95.3 Å². The molecule has 7 nitrogen and oxygen atoms in total. The number of carbonyl (C=O) groups excluding carboxylic acids is 2. The SMILES string of the molecule is CC1(C(=O)N2CCCN(C(=O)c3[nH]nc(N)c3-c3ccccc3)CC2)CC1. The van der Waals surface area contributed by atoms with Crippen molar-refractivity contribution in [2.75, 3.05) is 31.9 Å². The Hall–Kier alpha value is -2.83. The molecule has 7 heteroatoms. The third-order valence-corrected chi connectivity index (χ3v) is 5.66. The van der Waals surface area contributed by atoms with Crippen LogP contribution in [0, 0.1) is 5.41 Å². The summed E-state index contributed by atoms with van der Waals surface area (Å²) in [4.78, 5) is 29.5. The number of carbonyl (C=O) groups is 2. The van der Waals surface area contributed by atoms with Crippen LogP contribution >= 0.6 is 0 Å². The largest absolute Gasteiger partial charge is 0.382 e. The minimum absolute atomic E-state index is 0.120. The van der Waals surface area contributed by atoms with Crippen LogP contribution in [-0.4, -0.2) is 58.0 Å². The number of hydrogen-bond donors (Lipinski definition) is 2. The number of benzene rings is 1. The van der Waals surface area contributed by atoms with Crippen LogP contribution in [0.1, 0.15) is 36.7 Å². The number of aromatic amines is 1. The first-order chi connectivity index (χ1) is 13.0. The summed E-state index contributed by atoms with van der Waals surface area (Å²) in [7, 11) is 0. The van der Waals surface area contributed by atoms with Crippen molar-refractivity contribution in [1.29, 1.82) is 0 Å². The first-order valence-corrected chi connectivity index (χ1v) is 9.47. The van der Waals surface area contributed by atoms with E-state index in [0.29, 0.717) is 43.3 Å². The fourth-order valence-electron chi connectivity index (χ4n) is 3.67. The third-order valence-electron chi connectivity index (χ3n) is 5.66. The molecular formula is C20H25N5O2. The summed E-state index contributed by atoms with van der Waals surface area (Å²) in [5.74, 6) is 0.426. The molecular weight excluding hydrogens is 342 g/mol. The Kier molecular flexibility index (Phi) is 4.37. The lowest BCUT2D eigenvalue weighted by molar-refractivity contribution is -0.136. The van der Waals surface area contributed by atoms with E-state index >= 15 is 0 Å². The Morgan fingerprint density at radius 2 is 1.74 bits per heavy atom. The van der Waals surface area contributed by atoms with Crippen LogP contribution in [-0.2, 0) is 4.79 Å². The fourth-order valence-corrected chi connectivity index (χ4v) is 3.67. The van der Waals surface area contributed by atoms with E-state index in [-0.39, 0.29) is 17.2 Å². The highest BCUT2D eigenvalue weighted by atomic mass is 16.2. The Balaban J connectivity index is 1.52. The number of anilines is 1. The number of nitrogens with two attached hydrogens (primary N) is 1. The van der Waals surface area contributed by atoms with E-state index in [4.69, 9.17) is 5.73 Å². The van der Waals surface area contributed by atoms with Gasteiger partial charge in [0.05, 0.1) is 5.56 Å². The molecule has 0 spiro atoms. The van der Waals surface area contributed by atoms with Crippen LogP contribution in [0.4, 0.5) is 5.82 Å². The second kappa shape index (κ2) is 6.72. The van der Waals surface area contributed by atoms with E-state index < -0.39 is 0 Å². The minimum atomic E-state index is -0.169. The van der Waals surface area contributed by atoms with Gasteiger partial charge in [-0.25, -0.2) is 0 Å². The molecule has 4 rings (SSSR count). The van der Waals surface area contributed by atoms with Gasteiger partial charge in [0.15, 0.2) is 5.82 Å². The second-order valence-electron chi connectivity index (χ2n) is 7.72. The van der Waals surface area contributed by atoms with E-state index in [9.17, 15) is 9.59 Å². The number of hydrogen-bond acceptors (Lipinski definition) is 4. The molecule has 0 radical (unpaired) electrons. The fraction of sp³-hybridized carbons (Fsp3) is 0.450. The van der Waals surface area contributed by atoms with Crippen molar-refractivity contribution in [2.24, 2.45) is 5.41 Å². The minimum Gasteiger partial charge on any atom is -0.382 e. The van der Waals surface area contributed by atoms with E-state index in [1.54, 1.807) is 4.90 Å². The normalized spacial score (nSPS) is 18.9. The van der Waals surface area contributed by atoms with Crippen LogP contribution in [0.5, 0.6) is 0 Å². The number of nitrogens with one attached hydrogen (secondary N) is 1. The maximum absolute atomic E-state index is 13.1. The molecule has 1 saturated carbocycles. The predicted molar refractivity (Wildman–Crippen MR) is 103 cm³/mol. The molecule has 0 unspecified atom stereocenters. The lowest BCUT2D eigenvalue weighted by atomic mass is 10.0. The Morgan fingerprint density at radius 3 is 2.44 bits per heavy atom. The monoisotopic (exact) mass is 367 g/mol. The summed E-state index contributed by atoms with van der Waals surface area (Å²) in [5, 5.41) is 6.87. The van der Waals surface area contributed by atoms with Crippen molar-refractivity contribution in [3.63, 3.8) is 0 Å². The van der Waals surface area contributed by atoms with Crippen LogP contribution in [0.3, 0.4) is 0 Å². The quantitative estimate of drug-likeness (QED) is 0.869. The van der Waals surface area contributed by atoms with Crippen LogP contribution in [0.2, 0.25) is 0 Å². The van der Waals surface area contributed by atoms with Gasteiger partial charge in [0.2, 0.25) is 5.91 Å². The second-order valence-corrected chi connectivity index (χ2v) is 7.72. The highest BCUT2D eigenvalue weighted by Crippen LogP contribution is 2.46. The molecule has 2 aromatic rings. The molecule has 0 atom stereocenters. The third kappa shape index (κ3) is 3.29. The van der Waals surface area contributed by atoms with Crippen molar-refractivity contribution < 1.29 is 9.59 Å². The molecule has 1 aromatic heterocycles. The Morgan fingerprint density at radius 1 is 1.07 bits per heavy atom. The zero-order valence-corrected chi connectivity index (χ0v) is 15.6. The summed E-state index contributed by atoms with van der Waals surface area (Å²) < 4.78 is 0. The van der Waals surface area contributed by atoms with Crippen LogP contribution in [0.15, 0.2) is 30.3 Å². The van der Waals surface area contributed by atoms with Crippen molar-refractivity contribution in [2.45, 2.75) is 26.2 Å². The number of H-pyrrole nitrogens is 1. The van der Waals surface area contributed by atoms with Gasteiger partial charge in [-0.1, -0.05) is 37.3 Å². The van der Waals surface area contributed by atoms with Gasteiger partial charge in [0.1, 0.15) is 5.69 Å². The van der Waals surface area contributed by atoms with Gasteiger partial charge in [-0.2, -0.15) is 5.10 Å². The van der Waals surface area contributed by atoms with Gasteiger partial charge in [-0.3, -0.25) is 14.7 Å². The Labute approximate surface area is 158 Å². The molecule has 27 heavy (non-hydrogen) atoms. The number of aromatic nitrogens is 2. The van der Waals surface area contributed by atoms with E-state index in [1.165, 1.54) is 0 Å².